The van der Waals surface area contributed by atoms with Gasteiger partial charge in [0.1, 0.15) is 5.76 Å². The van der Waals surface area contributed by atoms with Crippen LogP contribution in [-0.2, 0) is 5.41 Å². The molecule has 0 bridgehead atoms. The van der Waals surface area contributed by atoms with E-state index in [1.807, 2.05) is 12.1 Å². The molecule has 13 heavy (non-hydrogen) atoms. The molecule has 1 heterocycles. The summed E-state index contributed by atoms with van der Waals surface area (Å²) >= 11 is 3.32. The zero-order valence-electron chi connectivity index (χ0n) is 7.72. The fourth-order valence-electron chi connectivity index (χ4n) is 1.81. The topological polar surface area (TPSA) is 39.2 Å². The third kappa shape index (κ3) is 1.55. The van der Waals surface area contributed by atoms with E-state index in [-0.39, 0.29) is 5.41 Å². The van der Waals surface area contributed by atoms with E-state index in [1.165, 1.54) is 12.8 Å². The molecule has 1 aromatic heterocycles. The third-order valence-corrected chi connectivity index (χ3v) is 3.46. The average Bonchev–Trinajstić information content (AvgIpc) is 2.89. The van der Waals surface area contributed by atoms with Gasteiger partial charge < -0.3 is 10.2 Å². The van der Waals surface area contributed by atoms with Gasteiger partial charge in [-0.3, -0.25) is 0 Å². The lowest BCUT2D eigenvalue weighted by Gasteiger charge is -2.25. The molecule has 2 rings (SSSR count). The maximum absolute atomic E-state index is 5.81. The summed E-state index contributed by atoms with van der Waals surface area (Å²) in [6, 6.07) is 3.96. The molecule has 2 N–H and O–H groups in total. The van der Waals surface area contributed by atoms with Crippen molar-refractivity contribution in [3.8, 4) is 0 Å². The first-order chi connectivity index (χ1) is 6.16. The zero-order chi connectivity index (χ0) is 9.47. The van der Waals surface area contributed by atoms with Crippen LogP contribution in [0.4, 0.5) is 0 Å². The molecule has 0 radical (unpaired) electrons. The molecule has 1 unspecified atom stereocenters. The molecule has 0 spiro atoms. The van der Waals surface area contributed by atoms with Crippen molar-refractivity contribution in [3.63, 3.8) is 0 Å². The first-order valence-electron chi connectivity index (χ1n) is 4.62. The van der Waals surface area contributed by atoms with Crippen LogP contribution in [0, 0.1) is 5.92 Å². The molecule has 0 saturated heterocycles. The summed E-state index contributed by atoms with van der Waals surface area (Å²) < 4.78 is 6.37. The maximum Gasteiger partial charge on any atom is 0.169 e. The third-order valence-electron chi connectivity index (χ3n) is 3.04. The molecule has 1 atom stereocenters. The van der Waals surface area contributed by atoms with E-state index in [2.05, 4.69) is 22.9 Å². The standard InChI is InChI=1S/C10H14BrNO/c1-10(6-12,7-2-3-7)8-4-5-9(11)13-8/h4-5,7H,2-3,6,12H2,1H3. The lowest BCUT2D eigenvalue weighted by atomic mass is 9.82. The lowest BCUT2D eigenvalue weighted by Crippen LogP contribution is -2.33. The van der Waals surface area contributed by atoms with Gasteiger partial charge in [-0.2, -0.15) is 0 Å². The van der Waals surface area contributed by atoms with Gasteiger partial charge in [0, 0.05) is 12.0 Å². The van der Waals surface area contributed by atoms with Gasteiger partial charge in [-0.05, 0) is 46.8 Å². The quantitative estimate of drug-likeness (QED) is 0.887. The Morgan fingerprint density at radius 1 is 1.62 bits per heavy atom. The van der Waals surface area contributed by atoms with Crippen LogP contribution in [0.5, 0.6) is 0 Å². The summed E-state index contributed by atoms with van der Waals surface area (Å²) in [4.78, 5) is 0. The summed E-state index contributed by atoms with van der Waals surface area (Å²) in [5.41, 5.74) is 5.86. The van der Waals surface area contributed by atoms with E-state index in [0.29, 0.717) is 6.54 Å². The fraction of sp³-hybridized carbons (Fsp3) is 0.600. The van der Waals surface area contributed by atoms with Crippen LogP contribution in [-0.4, -0.2) is 6.54 Å². The van der Waals surface area contributed by atoms with Gasteiger partial charge in [-0.25, -0.2) is 0 Å². The van der Waals surface area contributed by atoms with Crippen LogP contribution < -0.4 is 5.73 Å². The Balaban J connectivity index is 2.29. The zero-order valence-corrected chi connectivity index (χ0v) is 9.30. The van der Waals surface area contributed by atoms with Crippen LogP contribution in [0.2, 0.25) is 0 Å². The van der Waals surface area contributed by atoms with Gasteiger partial charge in [0.05, 0.1) is 0 Å². The van der Waals surface area contributed by atoms with Crippen molar-refractivity contribution < 1.29 is 4.42 Å². The molecule has 1 aliphatic rings. The molecule has 1 aliphatic carbocycles. The minimum absolute atomic E-state index is 0.0476. The summed E-state index contributed by atoms with van der Waals surface area (Å²) in [5.74, 6) is 1.74. The summed E-state index contributed by atoms with van der Waals surface area (Å²) in [7, 11) is 0. The van der Waals surface area contributed by atoms with E-state index < -0.39 is 0 Å². The molecular formula is C10H14BrNO. The molecule has 0 aromatic carbocycles. The van der Waals surface area contributed by atoms with Gasteiger partial charge >= 0.3 is 0 Å². The first-order valence-corrected chi connectivity index (χ1v) is 5.42. The number of hydrogen-bond acceptors (Lipinski definition) is 2. The van der Waals surface area contributed by atoms with Crippen LogP contribution >= 0.6 is 15.9 Å². The highest BCUT2D eigenvalue weighted by Gasteiger charge is 2.43. The first kappa shape index (κ1) is 9.28. The molecule has 0 aliphatic heterocycles. The Hall–Kier alpha value is -0.280. The fourth-order valence-corrected chi connectivity index (χ4v) is 2.12. The predicted octanol–water partition coefficient (Wildman–Crippen LogP) is 2.67. The monoisotopic (exact) mass is 243 g/mol. The van der Waals surface area contributed by atoms with E-state index in [9.17, 15) is 0 Å². The predicted molar refractivity (Wildman–Crippen MR) is 55.5 cm³/mol. The van der Waals surface area contributed by atoms with E-state index in [0.717, 1.165) is 16.3 Å². The van der Waals surface area contributed by atoms with E-state index in [1.54, 1.807) is 0 Å². The molecule has 1 saturated carbocycles. The number of furan rings is 1. The van der Waals surface area contributed by atoms with Crippen LogP contribution in [0.3, 0.4) is 0 Å². The van der Waals surface area contributed by atoms with Crippen molar-refractivity contribution in [3.05, 3.63) is 22.6 Å². The second-order valence-electron chi connectivity index (χ2n) is 4.00. The maximum atomic E-state index is 5.81. The van der Waals surface area contributed by atoms with Gasteiger partial charge in [-0.1, -0.05) is 6.92 Å². The Morgan fingerprint density at radius 3 is 2.69 bits per heavy atom. The highest BCUT2D eigenvalue weighted by molar-refractivity contribution is 9.10. The van der Waals surface area contributed by atoms with E-state index in [4.69, 9.17) is 10.2 Å². The molecule has 72 valence electrons. The second-order valence-corrected chi connectivity index (χ2v) is 4.78. The normalized spacial score (nSPS) is 21.5. The molecule has 3 heteroatoms. The molecule has 1 fully saturated rings. The average molecular weight is 244 g/mol. The molecule has 2 nitrogen and oxygen atoms in total. The van der Waals surface area contributed by atoms with E-state index >= 15 is 0 Å². The van der Waals surface area contributed by atoms with Crippen molar-refractivity contribution in [1.29, 1.82) is 0 Å². The van der Waals surface area contributed by atoms with Gasteiger partial charge in [0.2, 0.25) is 0 Å². The summed E-state index contributed by atoms with van der Waals surface area (Å²) in [6.07, 6.45) is 2.57. The highest BCUT2D eigenvalue weighted by Crippen LogP contribution is 2.47. The number of rotatable bonds is 3. The molecule has 1 aromatic rings. The van der Waals surface area contributed by atoms with Gasteiger partial charge in [0.15, 0.2) is 4.67 Å². The van der Waals surface area contributed by atoms with Crippen molar-refractivity contribution in [2.45, 2.75) is 25.2 Å². The summed E-state index contributed by atoms with van der Waals surface area (Å²) in [5, 5.41) is 0. The van der Waals surface area contributed by atoms with Crippen LogP contribution in [0.1, 0.15) is 25.5 Å². The second kappa shape index (κ2) is 3.14. The van der Waals surface area contributed by atoms with Crippen molar-refractivity contribution >= 4 is 15.9 Å². The minimum Gasteiger partial charge on any atom is -0.454 e. The van der Waals surface area contributed by atoms with Crippen LogP contribution in [0.25, 0.3) is 0 Å². The van der Waals surface area contributed by atoms with Crippen molar-refractivity contribution in [2.75, 3.05) is 6.54 Å². The lowest BCUT2D eigenvalue weighted by molar-refractivity contribution is 0.322. The minimum atomic E-state index is 0.0476. The molecule has 0 amide bonds. The van der Waals surface area contributed by atoms with Gasteiger partial charge in [-0.15, -0.1) is 0 Å². The number of hydrogen-bond donors (Lipinski definition) is 1. The Labute approximate surface area is 86.6 Å². The van der Waals surface area contributed by atoms with Gasteiger partial charge in [0.25, 0.3) is 0 Å². The Bertz CT molecular complexity index is 306. The Morgan fingerprint density at radius 2 is 2.31 bits per heavy atom. The van der Waals surface area contributed by atoms with Crippen molar-refractivity contribution in [1.82, 2.24) is 0 Å². The molecular weight excluding hydrogens is 230 g/mol. The SMILES string of the molecule is CC(CN)(c1ccc(Br)o1)C1CC1. The number of halogens is 1. The summed E-state index contributed by atoms with van der Waals surface area (Å²) in [6.45, 7) is 2.85. The van der Waals surface area contributed by atoms with Crippen LogP contribution in [0.15, 0.2) is 21.2 Å². The number of nitrogens with two attached hydrogens (primary N) is 1. The van der Waals surface area contributed by atoms with Crippen molar-refractivity contribution in [2.24, 2.45) is 11.7 Å². The largest absolute Gasteiger partial charge is 0.454 e. The highest BCUT2D eigenvalue weighted by atomic mass is 79.9. The smallest absolute Gasteiger partial charge is 0.169 e. The Kier molecular flexibility index (Phi) is 2.24.